The molecule has 0 rings (SSSR count). The maximum atomic E-state index is 11.9. The highest BCUT2D eigenvalue weighted by Gasteiger charge is 2.14. The second kappa shape index (κ2) is 30.2. The first kappa shape index (κ1) is 38.8. The van der Waals surface area contributed by atoms with Crippen LogP contribution in [0.2, 0.25) is 0 Å². The molecule has 224 valence electrons. The molecule has 0 aliphatic heterocycles. The largest absolute Gasteiger partial charge is 1.00 e. The number of esters is 1. The third kappa shape index (κ3) is 31.8. The van der Waals surface area contributed by atoms with Gasteiger partial charge in [0.15, 0.2) is 0 Å². The van der Waals surface area contributed by atoms with Crippen molar-refractivity contribution in [1.82, 2.24) is 0 Å². The molecule has 0 saturated heterocycles. The topological polar surface area (TPSA) is 35.5 Å². The molecule has 0 aliphatic rings. The van der Waals surface area contributed by atoms with Gasteiger partial charge in [0.2, 0.25) is 0 Å². The summed E-state index contributed by atoms with van der Waals surface area (Å²) in [7, 11) is 4.60. The summed E-state index contributed by atoms with van der Waals surface area (Å²) in [6.07, 6.45) is 28.8. The number of halogens is 1. The number of unbranched alkanes of at least 4 members (excludes halogenated alkanes) is 19. The van der Waals surface area contributed by atoms with Crippen molar-refractivity contribution < 1.29 is 31.2 Å². The number of hydrogen-bond donors (Lipinski definition) is 0. The molecule has 0 fully saturated rings. The predicted molar refractivity (Wildman–Crippen MR) is 157 cm³/mol. The Morgan fingerprint density at radius 3 is 1.38 bits per heavy atom. The van der Waals surface area contributed by atoms with Crippen LogP contribution in [0, 0.1) is 0 Å². The summed E-state index contributed by atoms with van der Waals surface area (Å²) in [6, 6.07) is 0. The summed E-state index contributed by atoms with van der Waals surface area (Å²) in [5, 5.41) is 0. The maximum absolute atomic E-state index is 11.9. The molecular formula is C32H66ClNO3. The van der Waals surface area contributed by atoms with Crippen LogP contribution < -0.4 is 12.4 Å². The van der Waals surface area contributed by atoms with Crippen LogP contribution in [-0.4, -0.2) is 57.5 Å². The van der Waals surface area contributed by atoms with Crippen molar-refractivity contribution in [2.45, 2.75) is 155 Å². The molecule has 0 aromatic rings. The lowest BCUT2D eigenvalue weighted by Crippen LogP contribution is -3.00. The van der Waals surface area contributed by atoms with Crippen molar-refractivity contribution in [2.24, 2.45) is 0 Å². The summed E-state index contributed by atoms with van der Waals surface area (Å²) in [6.45, 7) is 8.42. The number of likely N-dealkylation sites (N-methyl/N-ethyl adjacent to an activating group) is 1. The smallest absolute Gasteiger partial charge is 0.305 e. The Bertz CT molecular complexity index is 459. The Morgan fingerprint density at radius 2 is 0.919 bits per heavy atom. The van der Waals surface area contributed by atoms with Crippen LogP contribution in [0.5, 0.6) is 0 Å². The third-order valence-corrected chi connectivity index (χ3v) is 7.43. The van der Waals surface area contributed by atoms with Crippen LogP contribution in [-0.2, 0) is 14.3 Å². The highest BCUT2D eigenvalue weighted by atomic mass is 35.5. The fraction of sp³-hybridized carbons (Fsp3) is 0.969. The van der Waals surface area contributed by atoms with Crippen molar-refractivity contribution >= 4 is 5.97 Å². The fourth-order valence-electron chi connectivity index (χ4n) is 4.77. The van der Waals surface area contributed by atoms with Gasteiger partial charge in [-0.1, -0.05) is 129 Å². The van der Waals surface area contributed by atoms with Gasteiger partial charge >= 0.3 is 5.97 Å². The van der Waals surface area contributed by atoms with Gasteiger partial charge in [-0.2, -0.15) is 0 Å². The predicted octanol–water partition coefficient (Wildman–Crippen LogP) is 6.25. The Balaban J connectivity index is 0. The normalized spacial score (nSPS) is 11.5. The zero-order valence-electron chi connectivity index (χ0n) is 25.6. The van der Waals surface area contributed by atoms with Crippen molar-refractivity contribution in [1.29, 1.82) is 0 Å². The summed E-state index contributed by atoms with van der Waals surface area (Å²) >= 11 is 0. The van der Waals surface area contributed by atoms with Gasteiger partial charge in [0.25, 0.3) is 0 Å². The van der Waals surface area contributed by atoms with Gasteiger partial charge in [0.1, 0.15) is 13.2 Å². The Morgan fingerprint density at radius 1 is 0.514 bits per heavy atom. The lowest BCUT2D eigenvalue weighted by molar-refractivity contribution is -0.891. The molecule has 0 spiro atoms. The van der Waals surface area contributed by atoms with E-state index in [4.69, 9.17) is 9.47 Å². The summed E-state index contributed by atoms with van der Waals surface area (Å²) < 4.78 is 12.1. The van der Waals surface area contributed by atoms with Gasteiger partial charge in [0, 0.05) is 6.42 Å². The molecule has 0 amide bonds. The molecule has 5 heteroatoms. The SMILES string of the molecule is CCCCCCCCCCCCCC[N+](C)(C)CCOCCOC(=O)CCCCCCCCCCC.[Cl-]. The molecule has 0 N–H and O–H groups in total. The Labute approximate surface area is 239 Å². The molecule has 4 nitrogen and oxygen atoms in total. The van der Waals surface area contributed by atoms with Crippen LogP contribution in [0.25, 0.3) is 0 Å². The minimum atomic E-state index is -0.0652. The monoisotopic (exact) mass is 547 g/mol. The number of carbonyl (C=O) groups excluding carboxylic acids is 1. The van der Waals surface area contributed by atoms with Gasteiger partial charge < -0.3 is 26.4 Å². The lowest BCUT2D eigenvalue weighted by Gasteiger charge is -2.29. The Hall–Kier alpha value is -0.320. The van der Waals surface area contributed by atoms with E-state index >= 15 is 0 Å². The van der Waals surface area contributed by atoms with Crippen LogP contribution in [0.15, 0.2) is 0 Å². The highest BCUT2D eigenvalue weighted by Crippen LogP contribution is 2.13. The number of rotatable bonds is 29. The first-order valence-corrected chi connectivity index (χ1v) is 16.1. The van der Waals surface area contributed by atoms with Crippen LogP contribution in [0.4, 0.5) is 0 Å². The van der Waals surface area contributed by atoms with Crippen molar-refractivity contribution in [3.05, 3.63) is 0 Å². The van der Waals surface area contributed by atoms with Crippen LogP contribution >= 0.6 is 0 Å². The number of hydrogen-bond acceptors (Lipinski definition) is 3. The summed E-state index contributed by atoms with van der Waals surface area (Å²) in [4.78, 5) is 11.9. The second-order valence-corrected chi connectivity index (χ2v) is 11.7. The van der Waals surface area contributed by atoms with Crippen LogP contribution in [0.3, 0.4) is 0 Å². The molecule has 37 heavy (non-hydrogen) atoms. The summed E-state index contributed by atoms with van der Waals surface area (Å²) in [5.41, 5.74) is 0. The zero-order valence-corrected chi connectivity index (χ0v) is 26.4. The molecular weight excluding hydrogens is 482 g/mol. The van der Waals surface area contributed by atoms with Gasteiger partial charge in [0.05, 0.1) is 33.9 Å². The van der Waals surface area contributed by atoms with E-state index in [9.17, 15) is 4.79 Å². The minimum Gasteiger partial charge on any atom is -1.00 e. The fourth-order valence-corrected chi connectivity index (χ4v) is 4.77. The Kier molecular flexibility index (Phi) is 31.7. The molecule has 0 saturated carbocycles. The average Bonchev–Trinajstić information content (AvgIpc) is 2.85. The first-order chi connectivity index (χ1) is 17.5. The number of quaternary nitrogens is 1. The molecule has 0 unspecified atom stereocenters. The highest BCUT2D eigenvalue weighted by molar-refractivity contribution is 5.69. The molecule has 0 atom stereocenters. The van der Waals surface area contributed by atoms with E-state index in [1.807, 2.05) is 0 Å². The van der Waals surface area contributed by atoms with Gasteiger partial charge in [-0.15, -0.1) is 0 Å². The quantitative estimate of drug-likeness (QED) is 0.0630. The average molecular weight is 548 g/mol. The van der Waals surface area contributed by atoms with E-state index in [1.54, 1.807) is 0 Å². The lowest BCUT2D eigenvalue weighted by atomic mass is 10.1. The van der Waals surface area contributed by atoms with Crippen molar-refractivity contribution in [3.8, 4) is 0 Å². The number of ether oxygens (including phenoxy) is 2. The van der Waals surface area contributed by atoms with E-state index in [-0.39, 0.29) is 18.4 Å². The molecule has 0 radical (unpaired) electrons. The number of nitrogens with zero attached hydrogens (tertiary/aromatic N) is 1. The van der Waals surface area contributed by atoms with Gasteiger partial charge in [-0.25, -0.2) is 0 Å². The van der Waals surface area contributed by atoms with E-state index in [2.05, 4.69) is 27.9 Å². The molecule has 0 heterocycles. The molecule has 0 aromatic heterocycles. The first-order valence-electron chi connectivity index (χ1n) is 16.1. The summed E-state index contributed by atoms with van der Waals surface area (Å²) in [5.74, 6) is -0.0652. The second-order valence-electron chi connectivity index (χ2n) is 11.7. The minimum absolute atomic E-state index is 0. The zero-order chi connectivity index (χ0) is 26.6. The van der Waals surface area contributed by atoms with Gasteiger partial charge in [-0.05, 0) is 19.3 Å². The molecule has 0 aliphatic carbocycles. The van der Waals surface area contributed by atoms with E-state index in [0.717, 1.165) is 30.5 Å². The van der Waals surface area contributed by atoms with Crippen LogP contribution in [0.1, 0.15) is 155 Å². The van der Waals surface area contributed by atoms with Crippen molar-refractivity contribution in [2.75, 3.05) is 47.0 Å². The number of carbonyl (C=O) groups is 1. The van der Waals surface area contributed by atoms with E-state index in [1.165, 1.54) is 129 Å². The standard InChI is InChI=1S/C32H66NO3.ClH/c1-5-7-9-11-13-15-16-17-19-21-23-25-27-33(3,4)28-29-35-30-31-36-32(34)26-24-22-20-18-14-12-10-8-6-2;/h5-31H2,1-4H3;1H/q+1;/p-1. The van der Waals surface area contributed by atoms with Gasteiger partial charge in [-0.3, -0.25) is 4.79 Å². The van der Waals surface area contributed by atoms with E-state index < -0.39 is 0 Å². The van der Waals surface area contributed by atoms with Crippen molar-refractivity contribution in [3.63, 3.8) is 0 Å². The molecule has 0 bridgehead atoms. The van der Waals surface area contributed by atoms with E-state index in [0.29, 0.717) is 19.6 Å². The molecule has 0 aromatic carbocycles. The third-order valence-electron chi connectivity index (χ3n) is 7.43. The maximum Gasteiger partial charge on any atom is 0.305 e.